The average Bonchev–Trinajstić information content (AvgIpc) is 2.66. The Morgan fingerprint density at radius 2 is 1.93 bits per heavy atom. The van der Waals surface area contributed by atoms with E-state index in [9.17, 15) is 9.59 Å². The van der Waals surface area contributed by atoms with Crippen LogP contribution >= 0.6 is 11.6 Å². The summed E-state index contributed by atoms with van der Waals surface area (Å²) in [6.45, 7) is 3.12. The largest absolute Gasteiger partial charge is 0.385 e. The molecule has 0 bridgehead atoms. The molecule has 0 unspecified atom stereocenters. The number of nitrogens with one attached hydrogen (secondary N) is 3. The molecule has 0 heterocycles. The topological polar surface area (TPSA) is 79.5 Å². The first-order valence-corrected chi connectivity index (χ1v) is 9.04. The molecule has 0 saturated heterocycles. The molecule has 0 radical (unpaired) electrons. The second-order valence-electron chi connectivity index (χ2n) is 6.05. The van der Waals surface area contributed by atoms with E-state index in [0.717, 1.165) is 12.0 Å². The maximum absolute atomic E-state index is 12.1. The van der Waals surface area contributed by atoms with E-state index in [1.54, 1.807) is 43.5 Å². The van der Waals surface area contributed by atoms with Gasteiger partial charge in [-0.2, -0.15) is 0 Å². The third kappa shape index (κ3) is 6.92. The van der Waals surface area contributed by atoms with Crippen LogP contribution in [0.4, 0.5) is 11.4 Å². The Balaban J connectivity index is 1.85. The lowest BCUT2D eigenvalue weighted by molar-refractivity contribution is -0.114. The number of ether oxygens (including phenoxy) is 1. The highest BCUT2D eigenvalue weighted by Crippen LogP contribution is 2.20. The lowest BCUT2D eigenvalue weighted by Crippen LogP contribution is -2.25. The summed E-state index contributed by atoms with van der Waals surface area (Å²) in [6.07, 6.45) is 0.753. The molecular weight excluding hydrogens is 366 g/mol. The number of anilines is 2. The molecule has 0 aliphatic carbocycles. The molecule has 0 aliphatic heterocycles. The fraction of sp³-hybridized carbons (Fsp3) is 0.300. The maximum Gasteiger partial charge on any atom is 0.251 e. The van der Waals surface area contributed by atoms with Gasteiger partial charge in [0.1, 0.15) is 0 Å². The lowest BCUT2D eigenvalue weighted by atomic mass is 10.2. The predicted octanol–water partition coefficient (Wildman–Crippen LogP) is 3.47. The average molecular weight is 390 g/mol. The van der Waals surface area contributed by atoms with Crippen molar-refractivity contribution in [1.29, 1.82) is 0 Å². The number of carbonyl (C=O) groups is 2. The van der Waals surface area contributed by atoms with Gasteiger partial charge in [-0.1, -0.05) is 23.7 Å². The van der Waals surface area contributed by atoms with Crippen molar-refractivity contribution in [2.24, 2.45) is 0 Å². The predicted molar refractivity (Wildman–Crippen MR) is 109 cm³/mol. The molecule has 2 amide bonds. The van der Waals surface area contributed by atoms with Crippen molar-refractivity contribution in [2.45, 2.75) is 13.3 Å². The Kier molecular flexibility index (Phi) is 8.10. The molecule has 6 nitrogen and oxygen atoms in total. The Morgan fingerprint density at radius 3 is 2.67 bits per heavy atom. The smallest absolute Gasteiger partial charge is 0.251 e. The molecule has 27 heavy (non-hydrogen) atoms. The minimum Gasteiger partial charge on any atom is -0.385 e. The maximum atomic E-state index is 12.1. The van der Waals surface area contributed by atoms with E-state index in [1.807, 2.05) is 13.0 Å². The number of methoxy groups -OCH3 is 1. The third-order valence-electron chi connectivity index (χ3n) is 3.84. The van der Waals surface area contributed by atoms with Crippen LogP contribution in [-0.2, 0) is 9.53 Å². The van der Waals surface area contributed by atoms with Gasteiger partial charge in [0.05, 0.1) is 6.54 Å². The van der Waals surface area contributed by atoms with E-state index < -0.39 is 0 Å². The molecule has 3 N–H and O–H groups in total. The molecule has 0 spiro atoms. The zero-order valence-corrected chi connectivity index (χ0v) is 16.2. The molecule has 0 saturated carbocycles. The molecule has 0 fully saturated rings. The minimum atomic E-state index is -0.204. The highest BCUT2D eigenvalue weighted by atomic mass is 35.5. The molecule has 144 valence electrons. The van der Waals surface area contributed by atoms with Crippen molar-refractivity contribution in [3.8, 4) is 0 Å². The van der Waals surface area contributed by atoms with Crippen LogP contribution in [0.3, 0.4) is 0 Å². The number of hydrogen-bond acceptors (Lipinski definition) is 4. The zero-order valence-electron chi connectivity index (χ0n) is 15.5. The van der Waals surface area contributed by atoms with Crippen LogP contribution in [0.2, 0.25) is 5.02 Å². The summed E-state index contributed by atoms with van der Waals surface area (Å²) in [5.74, 6) is -0.363. The van der Waals surface area contributed by atoms with E-state index in [-0.39, 0.29) is 18.4 Å². The number of aryl methyl sites for hydroxylation is 1. The number of benzene rings is 2. The number of rotatable bonds is 9. The van der Waals surface area contributed by atoms with Crippen molar-refractivity contribution in [1.82, 2.24) is 5.32 Å². The first-order chi connectivity index (χ1) is 13.0. The van der Waals surface area contributed by atoms with E-state index in [1.165, 1.54) is 0 Å². The summed E-state index contributed by atoms with van der Waals surface area (Å²) in [4.78, 5) is 24.2. The highest BCUT2D eigenvalue weighted by Gasteiger charge is 2.07. The van der Waals surface area contributed by atoms with E-state index in [2.05, 4.69) is 16.0 Å². The molecular formula is C20H24ClN3O3. The molecule has 0 aromatic heterocycles. The normalized spacial score (nSPS) is 10.3. The summed E-state index contributed by atoms with van der Waals surface area (Å²) in [7, 11) is 1.63. The van der Waals surface area contributed by atoms with Gasteiger partial charge in [-0.05, 0) is 49.2 Å². The van der Waals surface area contributed by atoms with Crippen molar-refractivity contribution in [3.05, 3.63) is 58.6 Å². The molecule has 0 aliphatic rings. The van der Waals surface area contributed by atoms with Gasteiger partial charge in [-0.25, -0.2) is 0 Å². The van der Waals surface area contributed by atoms with Crippen LogP contribution in [0.1, 0.15) is 22.3 Å². The van der Waals surface area contributed by atoms with Crippen molar-refractivity contribution < 1.29 is 14.3 Å². The highest BCUT2D eigenvalue weighted by molar-refractivity contribution is 6.31. The SMILES string of the molecule is COCCCNC(=O)c1cccc(NCC(=O)Nc2ccc(C)c(Cl)c2)c1. The summed E-state index contributed by atoms with van der Waals surface area (Å²) < 4.78 is 4.95. The summed E-state index contributed by atoms with van der Waals surface area (Å²) in [6, 6.07) is 12.4. The van der Waals surface area contributed by atoms with Crippen LogP contribution in [-0.4, -0.2) is 38.6 Å². The standard InChI is InChI=1S/C20H24ClN3O3/c1-14-7-8-17(12-18(14)21)24-19(25)13-23-16-6-3-5-15(11-16)20(26)22-9-4-10-27-2/h3,5-8,11-12,23H,4,9-10,13H2,1-2H3,(H,22,26)(H,24,25). The molecule has 7 heteroatoms. The van der Waals surface area contributed by atoms with Crippen molar-refractivity contribution >= 4 is 34.8 Å². The number of carbonyl (C=O) groups excluding carboxylic acids is 2. The number of halogens is 1. The fourth-order valence-electron chi connectivity index (χ4n) is 2.35. The van der Waals surface area contributed by atoms with Crippen LogP contribution in [0, 0.1) is 6.92 Å². The number of hydrogen-bond donors (Lipinski definition) is 3. The molecule has 2 aromatic carbocycles. The molecule has 0 atom stereocenters. The monoisotopic (exact) mass is 389 g/mol. The van der Waals surface area contributed by atoms with Gasteiger partial charge in [0.15, 0.2) is 0 Å². The Morgan fingerprint density at radius 1 is 1.11 bits per heavy atom. The molecule has 2 aromatic rings. The Bertz CT molecular complexity index is 796. The fourth-order valence-corrected chi connectivity index (χ4v) is 2.53. The summed E-state index contributed by atoms with van der Waals surface area (Å²) >= 11 is 6.06. The first-order valence-electron chi connectivity index (χ1n) is 8.66. The van der Waals surface area contributed by atoms with Gasteiger partial charge in [-0.3, -0.25) is 9.59 Å². The van der Waals surface area contributed by atoms with Gasteiger partial charge in [0.25, 0.3) is 5.91 Å². The van der Waals surface area contributed by atoms with E-state index in [4.69, 9.17) is 16.3 Å². The van der Waals surface area contributed by atoms with E-state index in [0.29, 0.717) is 35.1 Å². The zero-order chi connectivity index (χ0) is 19.6. The summed E-state index contributed by atoms with van der Waals surface area (Å²) in [5.41, 5.74) is 2.81. The summed E-state index contributed by atoms with van der Waals surface area (Å²) in [5, 5.41) is 9.23. The van der Waals surface area contributed by atoms with Crippen LogP contribution in [0.25, 0.3) is 0 Å². The van der Waals surface area contributed by atoms with Crippen LogP contribution < -0.4 is 16.0 Å². The van der Waals surface area contributed by atoms with Gasteiger partial charge < -0.3 is 20.7 Å². The minimum absolute atomic E-state index is 0.0738. The second-order valence-corrected chi connectivity index (χ2v) is 6.46. The van der Waals surface area contributed by atoms with Crippen LogP contribution in [0.5, 0.6) is 0 Å². The number of amides is 2. The van der Waals surface area contributed by atoms with Gasteiger partial charge in [0, 0.05) is 42.2 Å². The Hall–Kier alpha value is -2.57. The van der Waals surface area contributed by atoms with Crippen molar-refractivity contribution in [3.63, 3.8) is 0 Å². The van der Waals surface area contributed by atoms with E-state index >= 15 is 0 Å². The van der Waals surface area contributed by atoms with Gasteiger partial charge in [0.2, 0.25) is 5.91 Å². The first kappa shape index (κ1) is 20.7. The van der Waals surface area contributed by atoms with Gasteiger partial charge in [-0.15, -0.1) is 0 Å². The van der Waals surface area contributed by atoms with Gasteiger partial charge >= 0.3 is 0 Å². The Labute approximate surface area is 164 Å². The van der Waals surface area contributed by atoms with Crippen LogP contribution in [0.15, 0.2) is 42.5 Å². The lowest BCUT2D eigenvalue weighted by Gasteiger charge is -2.10. The van der Waals surface area contributed by atoms with Crippen molar-refractivity contribution in [2.75, 3.05) is 37.4 Å². The third-order valence-corrected chi connectivity index (χ3v) is 4.25. The molecule has 2 rings (SSSR count). The second kappa shape index (κ2) is 10.5. The quantitative estimate of drug-likeness (QED) is 0.574.